The van der Waals surface area contributed by atoms with Crippen LogP contribution in [0.3, 0.4) is 0 Å². The van der Waals surface area contributed by atoms with E-state index in [1.165, 1.54) is 7.11 Å². The molecular formula is C29H27N3O8. The maximum Gasteiger partial charge on any atom is 0.262 e. The smallest absolute Gasteiger partial charge is 0.262 e. The molecule has 11 heteroatoms. The zero-order chi connectivity index (χ0) is 27.9. The first-order valence-corrected chi connectivity index (χ1v) is 13.0. The number of aliphatic hydroxyl groups is 4. The van der Waals surface area contributed by atoms with E-state index in [2.05, 4.69) is 4.98 Å². The molecule has 2 aromatic heterocycles. The first-order chi connectivity index (χ1) is 19.4. The van der Waals surface area contributed by atoms with E-state index >= 15 is 0 Å². The molecule has 0 aliphatic carbocycles. The predicted molar refractivity (Wildman–Crippen MR) is 145 cm³/mol. The van der Waals surface area contributed by atoms with E-state index in [1.54, 1.807) is 10.6 Å². The summed E-state index contributed by atoms with van der Waals surface area (Å²) in [4.78, 5) is 32.0. The van der Waals surface area contributed by atoms with Gasteiger partial charge in [0.05, 0.1) is 47.4 Å². The summed E-state index contributed by atoms with van der Waals surface area (Å²) >= 11 is 0. The van der Waals surface area contributed by atoms with E-state index in [1.807, 2.05) is 42.5 Å². The maximum absolute atomic E-state index is 13.8. The average Bonchev–Trinajstić information content (AvgIpc) is 3.59. The molecule has 11 nitrogen and oxygen atoms in total. The zero-order valence-electron chi connectivity index (χ0n) is 21.4. The number of aromatic amines is 1. The monoisotopic (exact) mass is 545 g/mol. The molecule has 0 spiro atoms. The highest BCUT2D eigenvalue weighted by molar-refractivity contribution is 6.39. The van der Waals surface area contributed by atoms with Crippen molar-refractivity contribution < 1.29 is 39.5 Å². The lowest BCUT2D eigenvalue weighted by molar-refractivity contribution is -0.255. The van der Waals surface area contributed by atoms with E-state index in [0.717, 1.165) is 15.8 Å². The second-order valence-electron chi connectivity index (χ2n) is 10.2. The van der Waals surface area contributed by atoms with Gasteiger partial charge >= 0.3 is 0 Å². The first-order valence-electron chi connectivity index (χ1n) is 13.0. The highest BCUT2D eigenvalue weighted by Crippen LogP contribution is 2.47. The van der Waals surface area contributed by atoms with Gasteiger partial charge in [-0.25, -0.2) is 0 Å². The molecule has 206 valence electrons. The number of fused-ring (bicyclic) bond motifs is 10. The lowest BCUT2D eigenvalue weighted by Crippen LogP contribution is -2.57. The molecular weight excluding hydrogens is 518 g/mol. The molecule has 5 atom stereocenters. The topological polar surface area (TPSA) is 157 Å². The van der Waals surface area contributed by atoms with Gasteiger partial charge in [-0.2, -0.15) is 0 Å². The largest absolute Gasteiger partial charge is 0.395 e. The van der Waals surface area contributed by atoms with E-state index in [9.17, 15) is 30.0 Å². The first kappa shape index (κ1) is 25.1. The van der Waals surface area contributed by atoms with Gasteiger partial charge in [0.15, 0.2) is 6.23 Å². The third kappa shape index (κ3) is 3.15. The molecule has 5 N–H and O–H groups in total. The Kier molecular flexibility index (Phi) is 5.72. The number of para-hydroxylation sites is 2. The number of aromatic nitrogens is 2. The van der Waals surface area contributed by atoms with Crippen LogP contribution < -0.4 is 0 Å². The van der Waals surface area contributed by atoms with Crippen molar-refractivity contribution >= 4 is 55.4 Å². The van der Waals surface area contributed by atoms with Gasteiger partial charge in [0.25, 0.3) is 11.8 Å². The van der Waals surface area contributed by atoms with Gasteiger partial charge in [0, 0.05) is 34.2 Å². The molecule has 2 aliphatic heterocycles. The Labute approximate surface area is 226 Å². The van der Waals surface area contributed by atoms with Gasteiger partial charge < -0.3 is 39.5 Å². The number of carbonyl (C=O) groups excluding carboxylic acids is 2. The predicted octanol–water partition coefficient (Wildman–Crippen LogP) is 1.64. The average molecular weight is 546 g/mol. The molecule has 5 aromatic rings. The molecule has 2 aliphatic rings. The maximum atomic E-state index is 13.8. The van der Waals surface area contributed by atoms with Crippen LogP contribution in [0.5, 0.6) is 0 Å². The highest BCUT2D eigenvalue weighted by atomic mass is 16.6. The number of benzene rings is 3. The van der Waals surface area contributed by atoms with Crippen LogP contribution in [0.25, 0.3) is 43.6 Å². The van der Waals surface area contributed by atoms with Crippen LogP contribution in [0.4, 0.5) is 0 Å². The standard InChI is InChI=1S/C29H27N3O8/c1-39-26-17(12-34)40-29(25(36)24(26)35)32-16-9-5-3-7-14(16)19-21-20(27(37)31(10-11-33)28(21)38)18-13-6-2-4-8-15(13)30-22(18)23(19)32/h2-9,17,24-26,29-30,33-36H,10-12H2,1H3/t17-,24-,25-,26-,29-/m1/s1. The van der Waals surface area contributed by atoms with Crippen molar-refractivity contribution in [3.8, 4) is 0 Å². The number of methoxy groups -OCH3 is 1. The number of amides is 2. The number of aliphatic hydroxyl groups excluding tert-OH is 4. The van der Waals surface area contributed by atoms with E-state index in [4.69, 9.17) is 9.47 Å². The molecule has 4 heterocycles. The number of nitrogens with one attached hydrogen (secondary N) is 1. The SMILES string of the molecule is CO[C@H]1[C@H](O)[C@@H](O)[C@H](n2c3ccccc3c3c4c(c5c6ccccc6[nH]c5c32)C(=O)N(CCO)C4=O)O[C@@H]1CO. The molecule has 0 saturated carbocycles. The fraction of sp³-hybridized carbons (Fsp3) is 0.310. The molecule has 1 fully saturated rings. The van der Waals surface area contributed by atoms with Gasteiger partial charge in [-0.1, -0.05) is 36.4 Å². The summed E-state index contributed by atoms with van der Waals surface area (Å²) in [7, 11) is 1.37. The van der Waals surface area contributed by atoms with Crippen LogP contribution in [0, 0.1) is 0 Å². The van der Waals surface area contributed by atoms with E-state index in [0.29, 0.717) is 32.7 Å². The Morgan fingerprint density at radius 3 is 2.30 bits per heavy atom. The van der Waals surface area contributed by atoms with Gasteiger partial charge in [-0.3, -0.25) is 14.5 Å². The fourth-order valence-corrected chi connectivity index (χ4v) is 6.52. The van der Waals surface area contributed by atoms with Crippen LogP contribution in [-0.2, 0) is 9.47 Å². The summed E-state index contributed by atoms with van der Waals surface area (Å²) in [5, 5.41) is 44.4. The van der Waals surface area contributed by atoms with Crippen LogP contribution in [-0.4, -0.2) is 98.0 Å². The van der Waals surface area contributed by atoms with Crippen LogP contribution >= 0.6 is 0 Å². The normalized spacial score (nSPS) is 25.2. The summed E-state index contributed by atoms with van der Waals surface area (Å²) < 4.78 is 13.3. The number of H-pyrrole nitrogens is 1. The second kappa shape index (κ2) is 9.10. The van der Waals surface area contributed by atoms with Crippen molar-refractivity contribution in [2.45, 2.75) is 30.6 Å². The summed E-state index contributed by atoms with van der Waals surface area (Å²) in [5.41, 5.74) is 2.84. The van der Waals surface area contributed by atoms with Crippen molar-refractivity contribution in [2.75, 3.05) is 26.9 Å². The number of nitrogens with zero attached hydrogens (tertiary/aromatic N) is 2. The Bertz CT molecular complexity index is 1840. The second-order valence-corrected chi connectivity index (χ2v) is 10.2. The van der Waals surface area contributed by atoms with Crippen molar-refractivity contribution in [1.29, 1.82) is 0 Å². The van der Waals surface area contributed by atoms with Crippen LogP contribution in [0.2, 0.25) is 0 Å². The molecule has 0 radical (unpaired) electrons. The molecule has 0 unspecified atom stereocenters. The van der Waals surface area contributed by atoms with Gasteiger partial charge in [-0.15, -0.1) is 0 Å². The number of β-amino-alcohol motifs (C(OH)–C–C–N with tert-alkyl or cyclic N) is 1. The fourth-order valence-electron chi connectivity index (χ4n) is 6.52. The van der Waals surface area contributed by atoms with Crippen molar-refractivity contribution in [2.24, 2.45) is 0 Å². The van der Waals surface area contributed by atoms with Crippen molar-refractivity contribution in [3.05, 3.63) is 59.7 Å². The number of rotatable bonds is 5. The molecule has 7 rings (SSSR count). The lowest BCUT2D eigenvalue weighted by Gasteiger charge is -2.42. The highest BCUT2D eigenvalue weighted by Gasteiger charge is 2.47. The summed E-state index contributed by atoms with van der Waals surface area (Å²) in [5.74, 6) is -1.01. The third-order valence-electron chi connectivity index (χ3n) is 8.21. The van der Waals surface area contributed by atoms with Gasteiger partial charge in [0.2, 0.25) is 0 Å². The van der Waals surface area contributed by atoms with Gasteiger partial charge in [0.1, 0.15) is 24.4 Å². The Hall–Kier alpha value is -3.84. The zero-order valence-corrected chi connectivity index (χ0v) is 21.4. The summed E-state index contributed by atoms with van der Waals surface area (Å²) in [6.07, 6.45) is -5.92. The third-order valence-corrected chi connectivity index (χ3v) is 8.21. The Morgan fingerprint density at radius 1 is 0.925 bits per heavy atom. The number of imide groups is 1. The van der Waals surface area contributed by atoms with E-state index < -0.39 is 49.1 Å². The van der Waals surface area contributed by atoms with Crippen molar-refractivity contribution in [3.63, 3.8) is 0 Å². The number of ether oxygens (including phenoxy) is 2. The van der Waals surface area contributed by atoms with Crippen molar-refractivity contribution in [1.82, 2.24) is 14.5 Å². The van der Waals surface area contributed by atoms with Crippen LogP contribution in [0.15, 0.2) is 48.5 Å². The number of carbonyl (C=O) groups is 2. The molecule has 40 heavy (non-hydrogen) atoms. The molecule has 1 saturated heterocycles. The Morgan fingerprint density at radius 2 is 1.60 bits per heavy atom. The minimum absolute atomic E-state index is 0.149. The van der Waals surface area contributed by atoms with E-state index in [-0.39, 0.29) is 24.3 Å². The lowest BCUT2D eigenvalue weighted by atomic mass is 9.96. The molecule has 0 bridgehead atoms. The summed E-state index contributed by atoms with van der Waals surface area (Å²) in [6.45, 7) is -0.990. The minimum Gasteiger partial charge on any atom is -0.395 e. The summed E-state index contributed by atoms with van der Waals surface area (Å²) in [6, 6.07) is 14.7. The van der Waals surface area contributed by atoms with Crippen LogP contribution in [0.1, 0.15) is 26.9 Å². The quantitative estimate of drug-likeness (QED) is 0.209. The molecule has 3 aromatic carbocycles. The Balaban J connectivity index is 1.66. The number of hydrogen-bond donors (Lipinski definition) is 5. The van der Waals surface area contributed by atoms with Gasteiger partial charge in [-0.05, 0) is 12.1 Å². The number of hydrogen-bond acceptors (Lipinski definition) is 8. The minimum atomic E-state index is -1.46. The molecule has 2 amide bonds.